The zero-order chi connectivity index (χ0) is 6.22. The first-order valence-corrected chi connectivity index (χ1v) is 4.00. The standard InChI is InChI=1S/C9H12/c1-5-7-3-4-8-6(2)9(5,7)8/h5,7H,3-4H2,1-2H3/t5-,7?,9?/m1/s1. The fourth-order valence-corrected chi connectivity index (χ4v) is 3.45. The van der Waals surface area contributed by atoms with Crippen molar-refractivity contribution in [2.45, 2.75) is 26.7 Å². The van der Waals surface area contributed by atoms with Gasteiger partial charge in [-0.3, -0.25) is 0 Å². The Morgan fingerprint density at radius 1 is 1.56 bits per heavy atom. The third kappa shape index (κ3) is 0.238. The highest BCUT2D eigenvalue weighted by atomic mass is 14.8. The van der Waals surface area contributed by atoms with E-state index in [0.717, 1.165) is 17.3 Å². The Labute approximate surface area is 56.0 Å². The largest absolute Gasteiger partial charge is 0.0624 e. The maximum absolute atomic E-state index is 2.42. The van der Waals surface area contributed by atoms with E-state index in [-0.39, 0.29) is 0 Å². The van der Waals surface area contributed by atoms with Crippen LogP contribution in [0, 0.1) is 17.3 Å². The van der Waals surface area contributed by atoms with E-state index >= 15 is 0 Å². The maximum atomic E-state index is 2.42. The molecule has 3 aliphatic carbocycles. The zero-order valence-electron chi connectivity index (χ0n) is 6.07. The minimum absolute atomic E-state index is 0.778. The highest BCUT2D eigenvalue weighted by Gasteiger charge is 2.76. The van der Waals surface area contributed by atoms with Gasteiger partial charge in [0.05, 0.1) is 0 Å². The molecule has 0 saturated heterocycles. The van der Waals surface area contributed by atoms with Crippen molar-refractivity contribution in [3.05, 3.63) is 11.1 Å². The van der Waals surface area contributed by atoms with Crippen molar-refractivity contribution >= 4 is 0 Å². The monoisotopic (exact) mass is 120 g/mol. The highest BCUT2D eigenvalue weighted by molar-refractivity contribution is 5.60. The summed E-state index contributed by atoms with van der Waals surface area (Å²) < 4.78 is 0. The second-order valence-electron chi connectivity index (χ2n) is 3.91. The van der Waals surface area contributed by atoms with Crippen LogP contribution in [0.25, 0.3) is 0 Å². The van der Waals surface area contributed by atoms with Gasteiger partial charge in [-0.25, -0.2) is 0 Å². The van der Waals surface area contributed by atoms with E-state index in [2.05, 4.69) is 13.8 Å². The molecule has 0 nitrogen and oxygen atoms in total. The highest BCUT2D eigenvalue weighted by Crippen LogP contribution is 2.84. The molecule has 2 fully saturated rings. The van der Waals surface area contributed by atoms with Crippen molar-refractivity contribution < 1.29 is 0 Å². The van der Waals surface area contributed by atoms with Crippen molar-refractivity contribution in [1.29, 1.82) is 0 Å². The summed E-state index contributed by atoms with van der Waals surface area (Å²) in [6, 6.07) is 0. The van der Waals surface area contributed by atoms with Crippen LogP contribution in [0.5, 0.6) is 0 Å². The number of rotatable bonds is 0. The van der Waals surface area contributed by atoms with Crippen molar-refractivity contribution in [3.63, 3.8) is 0 Å². The van der Waals surface area contributed by atoms with Gasteiger partial charge >= 0.3 is 0 Å². The van der Waals surface area contributed by atoms with Crippen molar-refractivity contribution in [2.75, 3.05) is 0 Å². The van der Waals surface area contributed by atoms with Gasteiger partial charge in [0.25, 0.3) is 0 Å². The topological polar surface area (TPSA) is 0 Å². The molecule has 0 N–H and O–H groups in total. The Bertz CT molecular complexity index is 224. The summed E-state index contributed by atoms with van der Waals surface area (Å²) in [5, 5.41) is 0. The van der Waals surface area contributed by atoms with Crippen molar-refractivity contribution in [3.8, 4) is 0 Å². The van der Waals surface area contributed by atoms with Crippen LogP contribution in [-0.2, 0) is 0 Å². The van der Waals surface area contributed by atoms with E-state index < -0.39 is 0 Å². The molecular formula is C9H12. The Hall–Kier alpha value is -0.260. The van der Waals surface area contributed by atoms with Gasteiger partial charge in [-0.2, -0.15) is 0 Å². The Kier molecular flexibility index (Phi) is 0.455. The van der Waals surface area contributed by atoms with Gasteiger partial charge in [0, 0.05) is 5.41 Å². The molecule has 48 valence electrons. The molecule has 0 radical (unpaired) electrons. The van der Waals surface area contributed by atoms with E-state index in [4.69, 9.17) is 0 Å². The molecule has 1 spiro atoms. The molecule has 0 aliphatic heterocycles. The van der Waals surface area contributed by atoms with E-state index in [1.54, 1.807) is 5.57 Å². The third-order valence-corrected chi connectivity index (χ3v) is 4.01. The summed E-state index contributed by atoms with van der Waals surface area (Å²) in [5.41, 5.74) is 4.39. The molecular weight excluding hydrogens is 108 g/mol. The lowest BCUT2D eigenvalue weighted by Crippen LogP contribution is -1.78. The quantitative estimate of drug-likeness (QED) is 0.430. The first-order valence-electron chi connectivity index (χ1n) is 4.00. The Balaban J connectivity index is 2.09. The third-order valence-electron chi connectivity index (χ3n) is 4.01. The van der Waals surface area contributed by atoms with Crippen molar-refractivity contribution in [1.82, 2.24) is 0 Å². The van der Waals surface area contributed by atoms with Gasteiger partial charge in [0.15, 0.2) is 0 Å². The second kappa shape index (κ2) is 0.902. The smallest absolute Gasteiger partial charge is 0.0183 e. The van der Waals surface area contributed by atoms with Gasteiger partial charge in [0.2, 0.25) is 0 Å². The molecule has 2 saturated carbocycles. The van der Waals surface area contributed by atoms with Crippen LogP contribution in [-0.4, -0.2) is 0 Å². The first kappa shape index (κ1) is 4.54. The molecule has 0 heteroatoms. The molecule has 3 aliphatic rings. The van der Waals surface area contributed by atoms with Gasteiger partial charge in [-0.1, -0.05) is 18.1 Å². The predicted octanol–water partition coefficient (Wildman–Crippen LogP) is 2.36. The summed E-state index contributed by atoms with van der Waals surface area (Å²) in [6.07, 6.45) is 2.95. The predicted molar refractivity (Wildman–Crippen MR) is 37.0 cm³/mol. The van der Waals surface area contributed by atoms with Crippen LogP contribution in [0.3, 0.4) is 0 Å². The molecule has 0 heterocycles. The van der Waals surface area contributed by atoms with Crippen LogP contribution in [0.2, 0.25) is 0 Å². The van der Waals surface area contributed by atoms with Gasteiger partial charge < -0.3 is 0 Å². The molecule has 0 bridgehead atoms. The molecule has 2 unspecified atom stereocenters. The average molecular weight is 120 g/mol. The van der Waals surface area contributed by atoms with Crippen LogP contribution in [0.15, 0.2) is 11.1 Å². The van der Waals surface area contributed by atoms with E-state index in [1.165, 1.54) is 12.8 Å². The summed E-state index contributed by atoms with van der Waals surface area (Å²) in [6.45, 7) is 4.76. The molecule has 0 aromatic rings. The number of allylic oxidation sites excluding steroid dienone is 2. The van der Waals surface area contributed by atoms with Crippen LogP contribution < -0.4 is 0 Å². The molecule has 0 amide bonds. The fourth-order valence-electron chi connectivity index (χ4n) is 3.45. The maximum Gasteiger partial charge on any atom is 0.0183 e. The molecule has 9 heavy (non-hydrogen) atoms. The summed E-state index contributed by atoms with van der Waals surface area (Å²) in [4.78, 5) is 0. The van der Waals surface area contributed by atoms with Crippen LogP contribution in [0.4, 0.5) is 0 Å². The average Bonchev–Trinajstić information content (AvgIpc) is 2.60. The molecule has 3 atom stereocenters. The first-order chi connectivity index (χ1) is 4.29. The van der Waals surface area contributed by atoms with E-state index in [1.807, 2.05) is 5.57 Å². The van der Waals surface area contributed by atoms with Gasteiger partial charge in [-0.05, 0) is 31.6 Å². The summed E-state index contributed by atoms with van der Waals surface area (Å²) >= 11 is 0. The van der Waals surface area contributed by atoms with Crippen LogP contribution >= 0.6 is 0 Å². The summed E-state index contributed by atoms with van der Waals surface area (Å²) in [5.74, 6) is 2.15. The van der Waals surface area contributed by atoms with E-state index in [9.17, 15) is 0 Å². The minimum Gasteiger partial charge on any atom is -0.0624 e. The summed E-state index contributed by atoms with van der Waals surface area (Å²) in [7, 11) is 0. The van der Waals surface area contributed by atoms with Gasteiger partial charge in [-0.15, -0.1) is 0 Å². The lowest BCUT2D eigenvalue weighted by atomic mass is 10.2. The Morgan fingerprint density at radius 3 is 2.67 bits per heavy atom. The lowest BCUT2D eigenvalue weighted by molar-refractivity contribution is 0.692. The van der Waals surface area contributed by atoms with E-state index in [0.29, 0.717) is 0 Å². The normalized spacial score (nSPS) is 59.3. The lowest BCUT2D eigenvalue weighted by Gasteiger charge is -1.88. The van der Waals surface area contributed by atoms with Gasteiger partial charge in [0.1, 0.15) is 0 Å². The molecule has 0 aromatic heterocycles. The van der Waals surface area contributed by atoms with Crippen LogP contribution in [0.1, 0.15) is 26.7 Å². The fraction of sp³-hybridized carbons (Fsp3) is 0.778. The second-order valence-corrected chi connectivity index (χ2v) is 3.91. The minimum atomic E-state index is 0.778. The number of hydrogen-bond acceptors (Lipinski definition) is 0. The zero-order valence-corrected chi connectivity index (χ0v) is 6.07. The molecule has 3 rings (SSSR count). The SMILES string of the molecule is CC1=C2CCC3[C@@H](C)C123. The Morgan fingerprint density at radius 2 is 2.33 bits per heavy atom. The van der Waals surface area contributed by atoms with Crippen molar-refractivity contribution in [2.24, 2.45) is 17.3 Å². The molecule has 0 aromatic carbocycles. The number of hydrogen-bond donors (Lipinski definition) is 0.